The quantitative estimate of drug-likeness (QED) is 0.653. The second kappa shape index (κ2) is 7.57. The van der Waals surface area contributed by atoms with Crippen LogP contribution in [-0.4, -0.2) is 28.8 Å². The van der Waals surface area contributed by atoms with Gasteiger partial charge in [0.15, 0.2) is 11.6 Å². The molecule has 1 aliphatic heterocycles. The minimum Gasteiger partial charge on any atom is -0.431 e. The molecule has 1 aromatic heterocycles. The Kier molecular flexibility index (Phi) is 4.96. The molecule has 2 heterocycles. The van der Waals surface area contributed by atoms with Crippen LogP contribution in [0, 0.1) is 0 Å². The average molecular weight is 429 g/mol. The smallest absolute Gasteiger partial charge is 0.248 e. The van der Waals surface area contributed by atoms with Gasteiger partial charge in [0.2, 0.25) is 17.8 Å². The van der Waals surface area contributed by atoms with Gasteiger partial charge in [0, 0.05) is 18.3 Å². The van der Waals surface area contributed by atoms with E-state index < -0.39 is 5.91 Å². The van der Waals surface area contributed by atoms with Gasteiger partial charge in [-0.3, -0.25) is 4.79 Å². The number of hydrogen-bond donors (Lipinski definition) is 2. The molecule has 0 aliphatic carbocycles. The summed E-state index contributed by atoms with van der Waals surface area (Å²) >= 11 is 12.5. The second-order valence-electron chi connectivity index (χ2n) is 6.08. The third-order valence-corrected chi connectivity index (χ3v) is 4.70. The van der Waals surface area contributed by atoms with Crippen molar-refractivity contribution in [1.82, 2.24) is 9.97 Å². The van der Waals surface area contributed by atoms with Crippen LogP contribution >= 0.6 is 23.2 Å². The standard InChI is InChI=1S/C19H14Cl2N6O2/c1-27-17-14(29-18(26-27)15-12(20)6-3-7-13(15)21)9-23-19(25-17)24-11-5-2-4-10(8-11)16(22)28/h2-9H,1H3,(H2,22,28)(H,23,24,25). The fraction of sp³-hybridized carbons (Fsp3) is 0.0526. The molecule has 0 atom stereocenters. The molecule has 2 aromatic carbocycles. The highest BCUT2D eigenvalue weighted by atomic mass is 35.5. The van der Waals surface area contributed by atoms with Gasteiger partial charge in [0.05, 0.1) is 21.8 Å². The van der Waals surface area contributed by atoms with Crippen LogP contribution in [0.15, 0.2) is 53.8 Å². The van der Waals surface area contributed by atoms with E-state index in [1.807, 2.05) is 0 Å². The Morgan fingerprint density at radius 1 is 1.17 bits per heavy atom. The maximum atomic E-state index is 11.3. The summed E-state index contributed by atoms with van der Waals surface area (Å²) in [6.45, 7) is 0. The first-order valence-electron chi connectivity index (χ1n) is 8.41. The summed E-state index contributed by atoms with van der Waals surface area (Å²) in [4.78, 5) is 20.0. The number of ether oxygens (including phenoxy) is 1. The molecule has 0 fully saturated rings. The zero-order chi connectivity index (χ0) is 20.5. The maximum absolute atomic E-state index is 11.3. The molecule has 29 heavy (non-hydrogen) atoms. The van der Waals surface area contributed by atoms with Crippen molar-refractivity contribution in [3.8, 4) is 5.75 Å². The lowest BCUT2D eigenvalue weighted by Gasteiger charge is -2.24. The van der Waals surface area contributed by atoms with Gasteiger partial charge in [-0.2, -0.15) is 4.98 Å². The number of amides is 1. The minimum atomic E-state index is -0.520. The topological polar surface area (TPSA) is 106 Å². The molecule has 1 amide bonds. The Bertz CT molecular complexity index is 1130. The van der Waals surface area contributed by atoms with Crippen molar-refractivity contribution in [2.45, 2.75) is 0 Å². The zero-order valence-corrected chi connectivity index (χ0v) is 16.6. The van der Waals surface area contributed by atoms with Gasteiger partial charge >= 0.3 is 0 Å². The number of primary amides is 1. The van der Waals surface area contributed by atoms with Gasteiger partial charge in [-0.05, 0) is 30.3 Å². The SMILES string of the molecule is CN1N=C(c2c(Cl)cccc2Cl)Oc2cnc(Nc3cccc(C(N)=O)c3)nc21. The van der Waals surface area contributed by atoms with Crippen molar-refractivity contribution >= 4 is 52.5 Å². The second-order valence-corrected chi connectivity index (χ2v) is 6.89. The lowest BCUT2D eigenvalue weighted by atomic mass is 10.2. The van der Waals surface area contributed by atoms with Crippen molar-refractivity contribution in [1.29, 1.82) is 0 Å². The molecule has 3 N–H and O–H groups in total. The molecule has 4 rings (SSSR count). The van der Waals surface area contributed by atoms with Gasteiger partial charge < -0.3 is 15.8 Å². The molecular formula is C19H14Cl2N6O2. The number of carbonyl (C=O) groups is 1. The summed E-state index contributed by atoms with van der Waals surface area (Å²) in [7, 11) is 1.72. The van der Waals surface area contributed by atoms with Gasteiger partial charge in [-0.1, -0.05) is 35.3 Å². The third kappa shape index (κ3) is 3.80. The molecule has 0 unspecified atom stereocenters. The number of hydrogen-bond acceptors (Lipinski definition) is 7. The number of carbonyl (C=O) groups excluding carboxylic acids is 1. The molecule has 0 saturated carbocycles. The van der Waals surface area contributed by atoms with Crippen molar-refractivity contribution < 1.29 is 9.53 Å². The van der Waals surface area contributed by atoms with E-state index in [1.54, 1.807) is 54.5 Å². The molecular weight excluding hydrogens is 415 g/mol. The number of fused-ring (bicyclic) bond motifs is 1. The summed E-state index contributed by atoms with van der Waals surface area (Å²) in [5.74, 6) is 0.864. The molecule has 8 nitrogen and oxygen atoms in total. The van der Waals surface area contributed by atoms with E-state index in [9.17, 15) is 4.79 Å². The number of nitrogens with zero attached hydrogens (tertiary/aromatic N) is 4. The summed E-state index contributed by atoms with van der Waals surface area (Å²) in [6.07, 6.45) is 1.51. The van der Waals surface area contributed by atoms with Gasteiger partial charge in [0.25, 0.3) is 0 Å². The summed E-state index contributed by atoms with van der Waals surface area (Å²) in [5.41, 5.74) is 6.79. The zero-order valence-electron chi connectivity index (χ0n) is 15.1. The first-order chi connectivity index (χ1) is 13.9. The largest absolute Gasteiger partial charge is 0.431 e. The molecule has 0 spiro atoms. The number of halogens is 2. The monoisotopic (exact) mass is 428 g/mol. The summed E-state index contributed by atoms with van der Waals surface area (Å²) in [6, 6.07) is 11.9. The molecule has 146 valence electrons. The Labute approximate surface area is 175 Å². The van der Waals surface area contributed by atoms with Crippen molar-refractivity contribution in [2.24, 2.45) is 10.8 Å². The van der Waals surface area contributed by atoms with Crippen molar-refractivity contribution in [3.05, 3.63) is 69.8 Å². The predicted octanol–water partition coefficient (Wildman–Crippen LogP) is 3.82. The van der Waals surface area contributed by atoms with E-state index in [1.165, 1.54) is 6.20 Å². The number of nitrogens with two attached hydrogens (primary N) is 1. The first kappa shape index (κ1) is 19.0. The molecule has 3 aromatic rings. The Morgan fingerprint density at radius 3 is 2.62 bits per heavy atom. The van der Waals surface area contributed by atoms with Gasteiger partial charge in [0.1, 0.15) is 0 Å². The molecule has 1 aliphatic rings. The lowest BCUT2D eigenvalue weighted by Crippen LogP contribution is -2.26. The predicted molar refractivity (Wildman–Crippen MR) is 112 cm³/mol. The van der Waals surface area contributed by atoms with Crippen LogP contribution in [0.4, 0.5) is 17.5 Å². The van der Waals surface area contributed by atoms with Gasteiger partial charge in [-0.25, -0.2) is 9.99 Å². The average Bonchev–Trinajstić information content (AvgIpc) is 2.68. The minimum absolute atomic E-state index is 0.245. The highest BCUT2D eigenvalue weighted by molar-refractivity contribution is 6.39. The third-order valence-electron chi connectivity index (χ3n) is 4.07. The Balaban J connectivity index is 1.63. The van der Waals surface area contributed by atoms with E-state index >= 15 is 0 Å². The van der Waals surface area contributed by atoms with Crippen LogP contribution in [0.2, 0.25) is 10.0 Å². The van der Waals surface area contributed by atoms with E-state index in [0.29, 0.717) is 44.4 Å². The van der Waals surface area contributed by atoms with Gasteiger partial charge in [-0.15, -0.1) is 5.10 Å². The number of nitrogens with one attached hydrogen (secondary N) is 1. The van der Waals surface area contributed by atoms with Crippen LogP contribution < -0.4 is 20.8 Å². The summed E-state index contributed by atoms with van der Waals surface area (Å²) < 4.78 is 5.83. The Morgan fingerprint density at radius 2 is 1.90 bits per heavy atom. The van der Waals surface area contributed by atoms with Crippen LogP contribution in [0.5, 0.6) is 5.75 Å². The fourth-order valence-corrected chi connectivity index (χ4v) is 3.28. The number of benzene rings is 2. The van der Waals surface area contributed by atoms with E-state index in [0.717, 1.165) is 0 Å². The van der Waals surface area contributed by atoms with E-state index in [2.05, 4.69) is 20.4 Å². The van der Waals surface area contributed by atoms with Crippen LogP contribution in [0.3, 0.4) is 0 Å². The number of anilines is 3. The van der Waals surface area contributed by atoms with E-state index in [4.69, 9.17) is 33.7 Å². The highest BCUT2D eigenvalue weighted by Crippen LogP contribution is 2.34. The fourth-order valence-electron chi connectivity index (χ4n) is 2.72. The Hall–Kier alpha value is -3.36. The first-order valence-corrected chi connectivity index (χ1v) is 9.16. The van der Waals surface area contributed by atoms with Crippen LogP contribution in [0.25, 0.3) is 0 Å². The normalized spacial score (nSPS) is 12.7. The molecule has 0 bridgehead atoms. The maximum Gasteiger partial charge on any atom is 0.248 e. The van der Waals surface area contributed by atoms with E-state index in [-0.39, 0.29) is 5.90 Å². The van der Waals surface area contributed by atoms with Crippen LogP contribution in [-0.2, 0) is 0 Å². The molecule has 10 heteroatoms. The lowest BCUT2D eigenvalue weighted by molar-refractivity contribution is 0.100. The number of rotatable bonds is 4. The molecule has 0 saturated heterocycles. The van der Waals surface area contributed by atoms with Crippen molar-refractivity contribution in [2.75, 3.05) is 17.4 Å². The summed E-state index contributed by atoms with van der Waals surface area (Å²) in [5, 5.41) is 9.79. The van der Waals surface area contributed by atoms with Crippen LogP contribution in [0.1, 0.15) is 15.9 Å². The van der Waals surface area contributed by atoms with Crippen molar-refractivity contribution in [3.63, 3.8) is 0 Å². The molecule has 0 radical (unpaired) electrons. The highest BCUT2D eigenvalue weighted by Gasteiger charge is 2.25. The number of aromatic nitrogens is 2. The number of hydrazone groups is 1.